The molecule has 88 valence electrons. The number of hydrogen-bond acceptors (Lipinski definition) is 2. The summed E-state index contributed by atoms with van der Waals surface area (Å²) in [5.74, 6) is 1.19. The minimum atomic E-state index is 0.947. The highest BCUT2D eigenvalue weighted by molar-refractivity contribution is 5.91. The van der Waals surface area contributed by atoms with Crippen LogP contribution in [0.5, 0.6) is 0 Å². The summed E-state index contributed by atoms with van der Waals surface area (Å²) in [6.07, 6.45) is 3.52. The zero-order chi connectivity index (χ0) is 11.8. The zero-order valence-corrected chi connectivity index (χ0v) is 10.2. The number of nitrogens with one attached hydrogen (secondary N) is 1. The zero-order valence-electron chi connectivity index (χ0n) is 10.2. The van der Waals surface area contributed by atoms with Crippen LogP contribution in [0.15, 0.2) is 24.3 Å². The number of benzene rings is 1. The highest BCUT2D eigenvalue weighted by Crippen LogP contribution is 2.30. The van der Waals surface area contributed by atoms with Crippen LogP contribution in [-0.4, -0.2) is 13.6 Å². The number of H-pyrrole nitrogens is 1. The van der Waals surface area contributed by atoms with Gasteiger partial charge in [0.05, 0.1) is 24.8 Å². The summed E-state index contributed by atoms with van der Waals surface area (Å²) in [7, 11) is 2.13. The van der Waals surface area contributed by atoms with Crippen molar-refractivity contribution in [2.45, 2.75) is 19.3 Å². The first-order valence-corrected chi connectivity index (χ1v) is 6.21. The summed E-state index contributed by atoms with van der Waals surface area (Å²) < 4.78 is 0. The number of aromatic nitrogens is 1. The lowest BCUT2D eigenvalue weighted by atomic mass is 10.0. The number of pyridine rings is 1. The third-order valence-electron chi connectivity index (χ3n) is 3.63. The highest BCUT2D eigenvalue weighted by atomic mass is 15.2. The summed E-state index contributed by atoms with van der Waals surface area (Å²) >= 11 is 0. The van der Waals surface area contributed by atoms with Crippen molar-refractivity contribution in [2.75, 3.05) is 24.2 Å². The summed E-state index contributed by atoms with van der Waals surface area (Å²) in [6.45, 7) is 1.10. The van der Waals surface area contributed by atoms with Crippen LogP contribution >= 0.6 is 0 Å². The Kier molecular flexibility index (Phi) is 2.39. The summed E-state index contributed by atoms with van der Waals surface area (Å²) in [5.41, 5.74) is 9.68. The monoisotopic (exact) mass is 228 g/mol. The van der Waals surface area contributed by atoms with E-state index in [-0.39, 0.29) is 0 Å². The van der Waals surface area contributed by atoms with Crippen LogP contribution in [0.3, 0.4) is 0 Å². The molecule has 0 amide bonds. The van der Waals surface area contributed by atoms with Crippen LogP contribution in [0, 0.1) is 0 Å². The van der Waals surface area contributed by atoms with Crippen molar-refractivity contribution in [3.63, 3.8) is 0 Å². The molecule has 2 aromatic rings. The smallest absolute Gasteiger partial charge is 0.279 e. The van der Waals surface area contributed by atoms with Crippen LogP contribution in [0.4, 0.5) is 11.5 Å². The third kappa shape index (κ3) is 1.62. The van der Waals surface area contributed by atoms with Gasteiger partial charge in [-0.05, 0) is 31.4 Å². The molecular formula is C14H18N3+. The van der Waals surface area contributed by atoms with Crippen molar-refractivity contribution in [3.8, 4) is 0 Å². The van der Waals surface area contributed by atoms with E-state index in [2.05, 4.69) is 29.1 Å². The number of anilines is 2. The van der Waals surface area contributed by atoms with Gasteiger partial charge in [0.15, 0.2) is 0 Å². The number of fused-ring (bicyclic) bond motifs is 2. The molecule has 0 atom stereocenters. The van der Waals surface area contributed by atoms with E-state index < -0.39 is 0 Å². The van der Waals surface area contributed by atoms with Gasteiger partial charge >= 0.3 is 0 Å². The van der Waals surface area contributed by atoms with E-state index in [1.54, 1.807) is 0 Å². The molecule has 0 spiro atoms. The molecule has 0 saturated heterocycles. The molecule has 1 aromatic carbocycles. The molecule has 3 nitrogen and oxygen atoms in total. The Hall–Kier alpha value is -1.77. The minimum absolute atomic E-state index is 0.947. The predicted octanol–water partition coefficient (Wildman–Crippen LogP) is 2.01. The van der Waals surface area contributed by atoms with Gasteiger partial charge in [-0.2, -0.15) is 0 Å². The number of nitrogens with two attached hydrogens (primary N) is 1. The fraction of sp³-hybridized carbons (Fsp3) is 0.357. The van der Waals surface area contributed by atoms with Crippen LogP contribution in [0.25, 0.3) is 10.9 Å². The Morgan fingerprint density at radius 3 is 2.94 bits per heavy atom. The molecule has 0 aliphatic carbocycles. The van der Waals surface area contributed by atoms with Crippen molar-refractivity contribution in [1.29, 1.82) is 0 Å². The van der Waals surface area contributed by atoms with Gasteiger partial charge in [-0.25, -0.2) is 4.98 Å². The standard InChI is InChI=1S/C14H17N3/c1-17-9-5-4-7-11-13(15)10-6-2-3-8-12(10)16-14(11)17/h2-3,6,8H,4-5,7,9H2,1H3,(H2,15,16)/p+1. The van der Waals surface area contributed by atoms with Gasteiger partial charge in [-0.3, -0.25) is 4.90 Å². The second-order valence-electron chi connectivity index (χ2n) is 4.79. The van der Waals surface area contributed by atoms with Gasteiger partial charge in [0, 0.05) is 5.39 Å². The number of para-hydroxylation sites is 1. The maximum Gasteiger partial charge on any atom is 0.279 e. The fourth-order valence-corrected chi connectivity index (χ4v) is 2.66. The predicted molar refractivity (Wildman–Crippen MR) is 71.1 cm³/mol. The molecule has 2 heterocycles. The van der Waals surface area contributed by atoms with E-state index in [4.69, 9.17) is 5.73 Å². The van der Waals surface area contributed by atoms with Gasteiger partial charge in [0.25, 0.3) is 5.82 Å². The molecule has 3 heteroatoms. The third-order valence-corrected chi connectivity index (χ3v) is 3.63. The summed E-state index contributed by atoms with van der Waals surface area (Å²) in [6, 6.07) is 8.26. The molecule has 0 bridgehead atoms. The van der Waals surface area contributed by atoms with Crippen molar-refractivity contribution in [3.05, 3.63) is 29.8 Å². The van der Waals surface area contributed by atoms with Crippen molar-refractivity contribution in [2.24, 2.45) is 0 Å². The lowest BCUT2D eigenvalue weighted by Gasteiger charge is -2.13. The SMILES string of the molecule is CN1CCCCc2c1[nH+]c1ccccc1c2N. The Morgan fingerprint density at radius 1 is 1.24 bits per heavy atom. The Morgan fingerprint density at radius 2 is 2.06 bits per heavy atom. The molecule has 0 saturated carbocycles. The Labute approximate surface area is 101 Å². The fourth-order valence-electron chi connectivity index (χ4n) is 2.66. The maximum absolute atomic E-state index is 6.32. The lowest BCUT2D eigenvalue weighted by Crippen LogP contribution is -2.27. The van der Waals surface area contributed by atoms with Gasteiger partial charge in [0.2, 0.25) is 0 Å². The average molecular weight is 228 g/mol. The van der Waals surface area contributed by atoms with E-state index in [0.29, 0.717) is 0 Å². The molecule has 3 rings (SSSR count). The van der Waals surface area contributed by atoms with E-state index in [9.17, 15) is 0 Å². The Bertz CT molecular complexity index is 563. The molecule has 1 aliphatic rings. The van der Waals surface area contributed by atoms with Gasteiger partial charge in [-0.15, -0.1) is 0 Å². The number of nitrogens with zero attached hydrogens (tertiary/aromatic N) is 1. The highest BCUT2D eigenvalue weighted by Gasteiger charge is 2.23. The van der Waals surface area contributed by atoms with E-state index in [1.165, 1.54) is 24.2 Å². The van der Waals surface area contributed by atoms with E-state index in [0.717, 1.165) is 29.6 Å². The maximum atomic E-state index is 6.32. The van der Waals surface area contributed by atoms with Gasteiger partial charge in [-0.1, -0.05) is 12.1 Å². The first-order chi connectivity index (χ1) is 8.27. The molecule has 3 N–H and O–H groups in total. The second kappa shape index (κ2) is 3.91. The van der Waals surface area contributed by atoms with Crippen LogP contribution in [0.2, 0.25) is 0 Å². The van der Waals surface area contributed by atoms with E-state index >= 15 is 0 Å². The average Bonchev–Trinajstić information content (AvgIpc) is 2.53. The Balaban J connectivity index is 2.31. The summed E-state index contributed by atoms with van der Waals surface area (Å²) in [5, 5.41) is 1.14. The van der Waals surface area contributed by atoms with Gasteiger partial charge in [0.1, 0.15) is 5.52 Å². The number of nitrogen functional groups attached to an aromatic ring is 1. The molecule has 1 aliphatic heterocycles. The normalized spacial score (nSPS) is 15.7. The topological polar surface area (TPSA) is 43.4 Å². The van der Waals surface area contributed by atoms with Gasteiger partial charge < -0.3 is 5.73 Å². The molecule has 1 aromatic heterocycles. The molecular weight excluding hydrogens is 210 g/mol. The molecule has 0 unspecified atom stereocenters. The van der Waals surface area contributed by atoms with Crippen molar-refractivity contribution < 1.29 is 4.98 Å². The van der Waals surface area contributed by atoms with Crippen molar-refractivity contribution in [1.82, 2.24) is 0 Å². The molecule has 0 radical (unpaired) electrons. The summed E-state index contributed by atoms with van der Waals surface area (Å²) in [4.78, 5) is 5.81. The largest absolute Gasteiger partial charge is 0.398 e. The quantitative estimate of drug-likeness (QED) is 0.749. The lowest BCUT2D eigenvalue weighted by molar-refractivity contribution is -0.330. The van der Waals surface area contributed by atoms with Crippen LogP contribution in [0.1, 0.15) is 18.4 Å². The van der Waals surface area contributed by atoms with Crippen molar-refractivity contribution >= 4 is 22.4 Å². The molecule has 17 heavy (non-hydrogen) atoms. The second-order valence-corrected chi connectivity index (χ2v) is 4.79. The number of rotatable bonds is 0. The van der Waals surface area contributed by atoms with E-state index in [1.807, 2.05) is 12.1 Å². The number of hydrogen-bond donors (Lipinski definition) is 1. The minimum Gasteiger partial charge on any atom is -0.398 e. The molecule has 0 fully saturated rings. The first kappa shape index (κ1) is 10.4. The first-order valence-electron chi connectivity index (χ1n) is 6.21. The van der Waals surface area contributed by atoms with Crippen LogP contribution in [-0.2, 0) is 6.42 Å². The van der Waals surface area contributed by atoms with Crippen LogP contribution < -0.4 is 15.6 Å². The number of aromatic amines is 1.